The largest absolute Gasteiger partial charge is 0.296 e. The first-order valence-electron chi connectivity index (χ1n) is 5.97. The number of carbonyl (C=O) groups is 1. The smallest absolute Gasteiger partial charge is 0.172 e. The molecule has 0 fully saturated rings. The fraction of sp³-hybridized carbons (Fsp3) is 0.308. The molecule has 2 aromatic rings. The number of aldehydes is 1. The van der Waals surface area contributed by atoms with Crippen molar-refractivity contribution >= 4 is 29.5 Å². The van der Waals surface area contributed by atoms with E-state index in [-0.39, 0.29) is 0 Å². The summed E-state index contributed by atoms with van der Waals surface area (Å²) >= 11 is 11.9. The summed E-state index contributed by atoms with van der Waals surface area (Å²) in [4.78, 5) is 10.9. The Morgan fingerprint density at radius 2 is 2.11 bits per heavy atom. The van der Waals surface area contributed by atoms with Gasteiger partial charge in [-0.15, -0.1) is 5.10 Å². The fourth-order valence-corrected chi connectivity index (χ4v) is 2.19. The number of hydrogen-bond donors (Lipinski definition) is 0. The lowest BCUT2D eigenvalue weighted by Crippen LogP contribution is -2.07. The molecule has 0 N–H and O–H groups in total. The predicted molar refractivity (Wildman–Crippen MR) is 75.0 cm³/mol. The molecule has 6 heteroatoms. The average molecular weight is 298 g/mol. The van der Waals surface area contributed by atoms with Crippen LogP contribution in [0, 0.1) is 0 Å². The van der Waals surface area contributed by atoms with Crippen LogP contribution in [0.1, 0.15) is 35.1 Å². The molecule has 0 aliphatic carbocycles. The zero-order valence-electron chi connectivity index (χ0n) is 10.4. The molecule has 0 saturated carbocycles. The molecule has 2 rings (SSSR count). The molecule has 0 aliphatic heterocycles. The fourth-order valence-electron chi connectivity index (χ4n) is 1.87. The highest BCUT2D eigenvalue weighted by Crippen LogP contribution is 2.23. The van der Waals surface area contributed by atoms with Gasteiger partial charge in [0.05, 0.1) is 22.3 Å². The Morgan fingerprint density at radius 3 is 2.74 bits per heavy atom. The molecule has 0 saturated heterocycles. The van der Waals surface area contributed by atoms with Gasteiger partial charge in [0, 0.05) is 0 Å². The number of nitrogens with zero attached hydrogens (tertiary/aromatic N) is 3. The third kappa shape index (κ3) is 3.14. The second-order valence-electron chi connectivity index (χ2n) is 4.20. The highest BCUT2D eigenvalue weighted by molar-refractivity contribution is 6.42. The van der Waals surface area contributed by atoms with Gasteiger partial charge in [0.15, 0.2) is 6.29 Å². The number of hydrogen-bond acceptors (Lipinski definition) is 3. The molecule has 19 heavy (non-hydrogen) atoms. The van der Waals surface area contributed by atoms with Crippen molar-refractivity contribution in [2.75, 3.05) is 0 Å². The molecule has 0 aliphatic rings. The van der Waals surface area contributed by atoms with E-state index in [0.717, 1.165) is 30.4 Å². The Labute approximate surface area is 121 Å². The van der Waals surface area contributed by atoms with E-state index in [0.29, 0.717) is 22.3 Å². The van der Waals surface area contributed by atoms with Crippen LogP contribution in [0.3, 0.4) is 0 Å². The van der Waals surface area contributed by atoms with Gasteiger partial charge in [0.2, 0.25) is 0 Å². The van der Waals surface area contributed by atoms with Crippen LogP contribution in [-0.4, -0.2) is 21.3 Å². The summed E-state index contributed by atoms with van der Waals surface area (Å²) in [5.41, 5.74) is 2.22. The minimum absolute atomic E-state index is 0.405. The number of benzene rings is 1. The third-order valence-electron chi connectivity index (χ3n) is 2.78. The molecule has 0 unspecified atom stereocenters. The Bertz CT molecular complexity index is 596. The van der Waals surface area contributed by atoms with Crippen molar-refractivity contribution in [1.82, 2.24) is 15.0 Å². The topological polar surface area (TPSA) is 47.8 Å². The van der Waals surface area contributed by atoms with Crippen LogP contribution < -0.4 is 0 Å². The lowest BCUT2D eigenvalue weighted by Gasteiger charge is -2.07. The minimum atomic E-state index is 0.405. The van der Waals surface area contributed by atoms with Gasteiger partial charge in [0.25, 0.3) is 0 Å². The maximum absolute atomic E-state index is 10.9. The van der Waals surface area contributed by atoms with Crippen molar-refractivity contribution in [3.05, 3.63) is 45.2 Å². The number of carbonyl (C=O) groups excluding carboxylic acids is 1. The number of aromatic nitrogens is 3. The van der Waals surface area contributed by atoms with Crippen LogP contribution >= 0.6 is 23.2 Å². The van der Waals surface area contributed by atoms with E-state index >= 15 is 0 Å². The van der Waals surface area contributed by atoms with Crippen LogP contribution in [0.2, 0.25) is 10.0 Å². The van der Waals surface area contributed by atoms with E-state index < -0.39 is 0 Å². The maximum atomic E-state index is 10.9. The summed E-state index contributed by atoms with van der Waals surface area (Å²) in [6.45, 7) is 2.57. The summed E-state index contributed by atoms with van der Waals surface area (Å²) in [7, 11) is 0. The van der Waals surface area contributed by atoms with Gasteiger partial charge in [-0.05, 0) is 24.1 Å². The summed E-state index contributed by atoms with van der Waals surface area (Å²) in [5.74, 6) is 0. The number of rotatable bonds is 5. The van der Waals surface area contributed by atoms with Gasteiger partial charge >= 0.3 is 0 Å². The Kier molecular flexibility index (Phi) is 4.56. The molecule has 4 nitrogen and oxygen atoms in total. The van der Waals surface area contributed by atoms with Crippen LogP contribution in [0.5, 0.6) is 0 Å². The van der Waals surface area contributed by atoms with Gasteiger partial charge in [-0.3, -0.25) is 4.79 Å². The Morgan fingerprint density at radius 1 is 1.32 bits per heavy atom. The molecule has 0 atom stereocenters. The first-order valence-corrected chi connectivity index (χ1v) is 6.72. The Hall–Kier alpha value is -1.39. The van der Waals surface area contributed by atoms with E-state index in [1.165, 1.54) is 0 Å². The van der Waals surface area contributed by atoms with Crippen molar-refractivity contribution < 1.29 is 4.79 Å². The molecular weight excluding hydrogens is 285 g/mol. The molecule has 1 heterocycles. The molecule has 0 radical (unpaired) electrons. The maximum Gasteiger partial charge on any atom is 0.172 e. The molecular formula is C13H13Cl2N3O. The summed E-state index contributed by atoms with van der Waals surface area (Å²) in [5, 5.41) is 8.91. The van der Waals surface area contributed by atoms with Gasteiger partial charge in [-0.1, -0.05) is 47.8 Å². The first kappa shape index (κ1) is 14.0. The van der Waals surface area contributed by atoms with Crippen LogP contribution in [-0.2, 0) is 13.0 Å². The molecule has 0 amide bonds. The van der Waals surface area contributed by atoms with Gasteiger partial charge in [-0.25, -0.2) is 4.68 Å². The normalized spacial score (nSPS) is 10.7. The zero-order valence-corrected chi connectivity index (χ0v) is 11.9. The Balaban J connectivity index is 2.29. The molecule has 0 spiro atoms. The monoisotopic (exact) mass is 297 g/mol. The van der Waals surface area contributed by atoms with Crippen LogP contribution in [0.15, 0.2) is 18.2 Å². The van der Waals surface area contributed by atoms with E-state index in [1.807, 2.05) is 13.0 Å². The van der Waals surface area contributed by atoms with E-state index in [4.69, 9.17) is 23.2 Å². The summed E-state index contributed by atoms with van der Waals surface area (Å²) in [6, 6.07) is 5.42. The van der Waals surface area contributed by atoms with Crippen LogP contribution in [0.25, 0.3) is 0 Å². The van der Waals surface area contributed by atoms with Gasteiger partial charge in [0.1, 0.15) is 5.69 Å². The van der Waals surface area contributed by atoms with Crippen molar-refractivity contribution in [1.29, 1.82) is 0 Å². The molecule has 0 bridgehead atoms. The van der Waals surface area contributed by atoms with E-state index in [2.05, 4.69) is 10.3 Å². The first-order chi connectivity index (χ1) is 9.15. The average Bonchev–Trinajstić information content (AvgIpc) is 2.77. The van der Waals surface area contributed by atoms with Gasteiger partial charge in [-0.2, -0.15) is 0 Å². The molecule has 1 aromatic heterocycles. The van der Waals surface area contributed by atoms with E-state index in [9.17, 15) is 4.79 Å². The SMILES string of the molecule is CCCc1c(C=O)nnn1Cc1ccc(Cl)c(Cl)c1. The summed E-state index contributed by atoms with van der Waals surface area (Å²) < 4.78 is 1.73. The van der Waals surface area contributed by atoms with Crippen LogP contribution in [0.4, 0.5) is 0 Å². The predicted octanol–water partition coefficient (Wildman–Crippen LogP) is 3.40. The lowest BCUT2D eigenvalue weighted by atomic mass is 10.2. The molecule has 1 aromatic carbocycles. The highest BCUT2D eigenvalue weighted by Gasteiger charge is 2.12. The number of halogens is 2. The van der Waals surface area contributed by atoms with Crippen molar-refractivity contribution in [2.24, 2.45) is 0 Å². The lowest BCUT2D eigenvalue weighted by molar-refractivity contribution is 0.111. The van der Waals surface area contributed by atoms with Crippen molar-refractivity contribution in [3.63, 3.8) is 0 Å². The second kappa shape index (κ2) is 6.17. The standard InChI is InChI=1S/C13H13Cl2N3O/c1-2-3-13-12(8-19)16-17-18(13)7-9-4-5-10(14)11(15)6-9/h4-6,8H,2-3,7H2,1H3. The van der Waals surface area contributed by atoms with E-state index in [1.54, 1.807) is 16.8 Å². The third-order valence-corrected chi connectivity index (χ3v) is 3.52. The quantitative estimate of drug-likeness (QED) is 0.795. The van der Waals surface area contributed by atoms with Crippen molar-refractivity contribution in [2.45, 2.75) is 26.3 Å². The second-order valence-corrected chi connectivity index (χ2v) is 5.01. The highest BCUT2D eigenvalue weighted by atomic mass is 35.5. The summed E-state index contributed by atoms with van der Waals surface area (Å²) in [6.07, 6.45) is 2.43. The van der Waals surface area contributed by atoms with Gasteiger partial charge < -0.3 is 0 Å². The minimum Gasteiger partial charge on any atom is -0.296 e. The van der Waals surface area contributed by atoms with Crippen molar-refractivity contribution in [3.8, 4) is 0 Å². The zero-order chi connectivity index (χ0) is 13.8. The molecule has 100 valence electrons.